The van der Waals surface area contributed by atoms with Crippen LogP contribution in [0.3, 0.4) is 0 Å². The van der Waals surface area contributed by atoms with Crippen LogP contribution in [0.25, 0.3) is 0 Å². The van der Waals surface area contributed by atoms with Crippen LogP contribution in [0.15, 0.2) is 11.6 Å². The number of hydrogen-bond donors (Lipinski definition) is 3. The zero-order chi connectivity index (χ0) is 15.0. The van der Waals surface area contributed by atoms with Gasteiger partial charge in [-0.05, 0) is 45.4 Å². The number of carbonyl (C=O) groups excluding carboxylic acids is 1. The Morgan fingerprint density at radius 3 is 2.65 bits per heavy atom. The van der Waals surface area contributed by atoms with Gasteiger partial charge in [0.15, 0.2) is 0 Å². The summed E-state index contributed by atoms with van der Waals surface area (Å²) in [7, 11) is 0. The third kappa shape index (κ3) is 5.23. The quantitative estimate of drug-likeness (QED) is 0.628. The Labute approximate surface area is 120 Å². The summed E-state index contributed by atoms with van der Waals surface area (Å²) in [6.07, 6.45) is 8.42. The first-order valence-corrected chi connectivity index (χ1v) is 7.41. The lowest BCUT2D eigenvalue weighted by atomic mass is 9.88. The van der Waals surface area contributed by atoms with Crippen molar-refractivity contribution in [2.75, 3.05) is 13.1 Å². The molecule has 3 N–H and O–H groups in total. The topological polar surface area (TPSA) is 78.4 Å². The van der Waals surface area contributed by atoms with E-state index in [9.17, 15) is 9.59 Å². The van der Waals surface area contributed by atoms with Crippen molar-refractivity contribution < 1.29 is 14.7 Å². The summed E-state index contributed by atoms with van der Waals surface area (Å²) >= 11 is 0. The summed E-state index contributed by atoms with van der Waals surface area (Å²) in [5, 5.41) is 14.5. The van der Waals surface area contributed by atoms with Gasteiger partial charge >= 0.3 is 12.0 Å². The molecule has 1 rings (SSSR count). The number of carbonyl (C=O) groups is 2. The van der Waals surface area contributed by atoms with Crippen LogP contribution >= 0.6 is 0 Å². The van der Waals surface area contributed by atoms with E-state index in [0.29, 0.717) is 13.0 Å². The van der Waals surface area contributed by atoms with Crippen LogP contribution in [0.2, 0.25) is 0 Å². The summed E-state index contributed by atoms with van der Waals surface area (Å²) in [5.74, 6) is -0.882. The van der Waals surface area contributed by atoms with Crippen LogP contribution in [0.5, 0.6) is 0 Å². The zero-order valence-electron chi connectivity index (χ0n) is 12.5. The summed E-state index contributed by atoms with van der Waals surface area (Å²) < 4.78 is 0. The van der Waals surface area contributed by atoms with Crippen molar-refractivity contribution in [2.24, 2.45) is 5.41 Å². The molecule has 0 radical (unpaired) electrons. The number of amides is 2. The fraction of sp³-hybridized carbons (Fsp3) is 0.733. The van der Waals surface area contributed by atoms with Gasteiger partial charge in [0.1, 0.15) is 0 Å². The lowest BCUT2D eigenvalue weighted by molar-refractivity contribution is -0.147. The molecular formula is C15H26N2O3. The van der Waals surface area contributed by atoms with Crippen LogP contribution in [0.4, 0.5) is 4.79 Å². The van der Waals surface area contributed by atoms with E-state index in [1.54, 1.807) is 6.92 Å². The van der Waals surface area contributed by atoms with Crippen molar-refractivity contribution in [1.29, 1.82) is 0 Å². The molecule has 0 heterocycles. The van der Waals surface area contributed by atoms with Crippen molar-refractivity contribution >= 4 is 12.0 Å². The molecule has 0 aliphatic heterocycles. The van der Waals surface area contributed by atoms with Gasteiger partial charge in [-0.25, -0.2) is 4.79 Å². The van der Waals surface area contributed by atoms with Gasteiger partial charge in [0.2, 0.25) is 0 Å². The standard InChI is InChI=1S/C15H26N2O3/c1-3-15(2,13(18)19)11-17-14(20)16-10-9-12-7-5-4-6-8-12/h7H,3-6,8-11H2,1-2H3,(H,18,19)(H2,16,17,20). The van der Waals surface area contributed by atoms with E-state index in [2.05, 4.69) is 16.7 Å². The highest BCUT2D eigenvalue weighted by atomic mass is 16.4. The molecule has 0 saturated heterocycles. The second kappa shape index (κ2) is 7.92. The Kier molecular flexibility index (Phi) is 6.55. The maximum atomic E-state index is 11.6. The SMILES string of the molecule is CCC(C)(CNC(=O)NCCC1=CCCCC1)C(=O)O. The zero-order valence-corrected chi connectivity index (χ0v) is 12.5. The lowest BCUT2D eigenvalue weighted by Crippen LogP contribution is -2.44. The fourth-order valence-corrected chi connectivity index (χ4v) is 2.16. The molecule has 2 amide bonds. The number of rotatable bonds is 7. The molecule has 1 aliphatic rings. The summed E-state index contributed by atoms with van der Waals surface area (Å²) in [4.78, 5) is 22.7. The number of aliphatic carboxylic acids is 1. The van der Waals surface area contributed by atoms with Gasteiger partial charge < -0.3 is 15.7 Å². The van der Waals surface area contributed by atoms with E-state index < -0.39 is 11.4 Å². The number of carboxylic acids is 1. The Morgan fingerprint density at radius 2 is 2.10 bits per heavy atom. The van der Waals surface area contributed by atoms with E-state index in [-0.39, 0.29) is 12.6 Å². The van der Waals surface area contributed by atoms with Crippen molar-refractivity contribution in [3.63, 3.8) is 0 Å². The Balaban J connectivity index is 2.23. The number of carboxylic acid groups (broad SMARTS) is 1. The third-order valence-corrected chi connectivity index (χ3v) is 4.05. The normalized spacial score (nSPS) is 17.8. The van der Waals surface area contributed by atoms with Crippen LogP contribution in [0, 0.1) is 5.41 Å². The molecule has 114 valence electrons. The molecule has 0 aromatic rings. The smallest absolute Gasteiger partial charge is 0.314 e. The van der Waals surface area contributed by atoms with Crippen LogP contribution in [-0.4, -0.2) is 30.2 Å². The maximum absolute atomic E-state index is 11.6. The summed E-state index contributed by atoms with van der Waals surface area (Å²) in [6.45, 7) is 4.20. The van der Waals surface area contributed by atoms with Crippen LogP contribution in [0.1, 0.15) is 52.4 Å². The van der Waals surface area contributed by atoms with Crippen molar-refractivity contribution in [1.82, 2.24) is 10.6 Å². The number of nitrogens with one attached hydrogen (secondary N) is 2. The first kappa shape index (κ1) is 16.5. The second-order valence-electron chi connectivity index (χ2n) is 5.69. The third-order valence-electron chi connectivity index (χ3n) is 4.05. The Bertz CT molecular complexity index is 379. The molecule has 0 saturated carbocycles. The predicted octanol–water partition coefficient (Wildman–Crippen LogP) is 2.68. The van der Waals surface area contributed by atoms with Crippen molar-refractivity contribution in [3.8, 4) is 0 Å². The Morgan fingerprint density at radius 1 is 1.35 bits per heavy atom. The predicted molar refractivity (Wildman–Crippen MR) is 78.6 cm³/mol. The first-order valence-electron chi connectivity index (χ1n) is 7.41. The molecular weight excluding hydrogens is 256 g/mol. The molecule has 5 nitrogen and oxygen atoms in total. The average Bonchev–Trinajstić information content (AvgIpc) is 2.45. The molecule has 0 aromatic heterocycles. The monoisotopic (exact) mass is 282 g/mol. The first-order chi connectivity index (χ1) is 9.48. The number of allylic oxidation sites excluding steroid dienone is 1. The summed E-state index contributed by atoms with van der Waals surface area (Å²) in [5.41, 5.74) is 0.518. The van der Waals surface area contributed by atoms with E-state index in [0.717, 1.165) is 19.3 Å². The second-order valence-corrected chi connectivity index (χ2v) is 5.69. The molecule has 1 aliphatic carbocycles. The average molecular weight is 282 g/mol. The fourth-order valence-electron chi connectivity index (χ4n) is 2.16. The Hall–Kier alpha value is -1.52. The highest BCUT2D eigenvalue weighted by Crippen LogP contribution is 2.20. The highest BCUT2D eigenvalue weighted by Gasteiger charge is 2.31. The van der Waals surface area contributed by atoms with Crippen molar-refractivity contribution in [3.05, 3.63) is 11.6 Å². The molecule has 5 heteroatoms. The van der Waals surface area contributed by atoms with Crippen LogP contribution < -0.4 is 10.6 Å². The van der Waals surface area contributed by atoms with Gasteiger partial charge in [0, 0.05) is 13.1 Å². The largest absolute Gasteiger partial charge is 0.481 e. The number of urea groups is 1. The molecule has 20 heavy (non-hydrogen) atoms. The van der Waals surface area contributed by atoms with Gasteiger partial charge in [0.25, 0.3) is 0 Å². The van der Waals surface area contributed by atoms with Gasteiger partial charge in [-0.15, -0.1) is 0 Å². The lowest BCUT2D eigenvalue weighted by Gasteiger charge is -2.23. The van der Waals surface area contributed by atoms with Crippen molar-refractivity contribution in [2.45, 2.75) is 52.4 Å². The maximum Gasteiger partial charge on any atom is 0.314 e. The van der Waals surface area contributed by atoms with Gasteiger partial charge in [-0.2, -0.15) is 0 Å². The minimum absolute atomic E-state index is 0.146. The summed E-state index contributed by atoms with van der Waals surface area (Å²) in [6, 6.07) is -0.290. The highest BCUT2D eigenvalue weighted by molar-refractivity contribution is 5.77. The van der Waals surface area contributed by atoms with E-state index >= 15 is 0 Å². The van der Waals surface area contributed by atoms with E-state index in [4.69, 9.17) is 5.11 Å². The molecule has 0 spiro atoms. The molecule has 1 atom stereocenters. The van der Waals surface area contributed by atoms with Gasteiger partial charge in [0.05, 0.1) is 5.41 Å². The molecule has 0 fully saturated rings. The van der Waals surface area contributed by atoms with Gasteiger partial charge in [-0.3, -0.25) is 4.79 Å². The number of hydrogen-bond acceptors (Lipinski definition) is 2. The molecule has 0 aromatic carbocycles. The van der Waals surface area contributed by atoms with E-state index in [1.807, 2.05) is 6.92 Å². The minimum Gasteiger partial charge on any atom is -0.481 e. The van der Waals surface area contributed by atoms with Gasteiger partial charge in [-0.1, -0.05) is 18.6 Å². The van der Waals surface area contributed by atoms with Crippen LogP contribution in [-0.2, 0) is 4.79 Å². The molecule has 0 bridgehead atoms. The minimum atomic E-state index is -0.900. The molecule has 1 unspecified atom stereocenters. The van der Waals surface area contributed by atoms with E-state index in [1.165, 1.54) is 18.4 Å².